The predicted octanol–water partition coefficient (Wildman–Crippen LogP) is 4.62. The molecule has 0 atom stereocenters. The first-order chi connectivity index (χ1) is 18.2. The van der Waals surface area contributed by atoms with Crippen molar-refractivity contribution in [2.24, 2.45) is 0 Å². The Hall–Kier alpha value is -4.67. The zero-order valence-corrected chi connectivity index (χ0v) is 20.8. The van der Waals surface area contributed by atoms with Gasteiger partial charge in [0.2, 0.25) is 11.9 Å². The van der Waals surface area contributed by atoms with Crippen molar-refractivity contribution in [2.45, 2.75) is 26.9 Å². The van der Waals surface area contributed by atoms with Crippen molar-refractivity contribution in [2.75, 3.05) is 13.7 Å². The minimum Gasteiger partial charge on any atom is -0.465 e. The zero-order chi connectivity index (χ0) is 27.4. The summed E-state index contributed by atoms with van der Waals surface area (Å²) in [6.07, 6.45) is 2.65. The van der Waals surface area contributed by atoms with Crippen LogP contribution in [0, 0.1) is 18.8 Å². The molecule has 4 aromatic rings. The molecule has 0 bridgehead atoms. The number of fused-ring (bicyclic) bond motifs is 2. The molecule has 0 saturated heterocycles. The van der Waals surface area contributed by atoms with E-state index < -0.39 is 29.7 Å². The van der Waals surface area contributed by atoms with E-state index in [-0.39, 0.29) is 30.8 Å². The summed E-state index contributed by atoms with van der Waals surface area (Å²) in [5.41, 5.74) is 1.78. The molecule has 1 aromatic carbocycles. The number of aryl methyl sites for hydroxylation is 1. The van der Waals surface area contributed by atoms with Crippen molar-refractivity contribution in [3.05, 3.63) is 94.3 Å². The Morgan fingerprint density at radius 1 is 1.08 bits per heavy atom. The highest BCUT2D eigenvalue weighted by atomic mass is 19.1. The predicted molar refractivity (Wildman–Crippen MR) is 130 cm³/mol. The molecule has 5 rings (SSSR count). The topological polar surface area (TPSA) is 112 Å². The quantitative estimate of drug-likeness (QED) is 0.275. The molecule has 3 aromatic heterocycles. The number of para-hydroxylation sites is 1. The van der Waals surface area contributed by atoms with E-state index in [1.54, 1.807) is 50.2 Å². The summed E-state index contributed by atoms with van der Waals surface area (Å²) >= 11 is 0. The van der Waals surface area contributed by atoms with Gasteiger partial charge in [-0.25, -0.2) is 19.6 Å². The minimum absolute atomic E-state index is 0.00820. The van der Waals surface area contributed by atoms with Crippen molar-refractivity contribution in [1.82, 2.24) is 14.9 Å². The summed E-state index contributed by atoms with van der Waals surface area (Å²) in [5.74, 6) is -2.62. The number of amides is 1. The Labute approximate surface area is 216 Å². The van der Waals surface area contributed by atoms with Crippen molar-refractivity contribution >= 4 is 28.8 Å². The highest BCUT2D eigenvalue weighted by Crippen LogP contribution is 2.29. The van der Waals surface area contributed by atoms with Gasteiger partial charge in [0, 0.05) is 24.3 Å². The van der Waals surface area contributed by atoms with Gasteiger partial charge in [0.05, 0.1) is 25.8 Å². The fourth-order valence-electron chi connectivity index (χ4n) is 4.02. The molecule has 196 valence electrons. The van der Waals surface area contributed by atoms with Gasteiger partial charge in [-0.3, -0.25) is 4.79 Å². The maximum absolute atomic E-state index is 13.8. The molecular weight excluding hydrogens is 500 g/mol. The summed E-state index contributed by atoms with van der Waals surface area (Å²) < 4.78 is 42.0. The van der Waals surface area contributed by atoms with Gasteiger partial charge in [-0.1, -0.05) is 12.1 Å². The van der Waals surface area contributed by atoms with Gasteiger partial charge in [-0.05, 0) is 49.2 Å². The summed E-state index contributed by atoms with van der Waals surface area (Å²) in [6, 6.07) is 10.1. The molecular formula is C27H23F2N3O6. The van der Waals surface area contributed by atoms with E-state index in [1.165, 1.54) is 24.4 Å². The molecule has 0 N–H and O–H groups in total. The minimum atomic E-state index is -0.779. The first-order valence-corrected chi connectivity index (χ1v) is 11.6. The van der Waals surface area contributed by atoms with Gasteiger partial charge in [0.15, 0.2) is 0 Å². The number of esters is 2. The third kappa shape index (κ3) is 5.22. The number of pyridine rings is 2. The third-order valence-electron chi connectivity index (χ3n) is 5.79. The van der Waals surface area contributed by atoms with Crippen LogP contribution in [-0.2, 0) is 22.6 Å². The van der Waals surface area contributed by atoms with Crippen molar-refractivity contribution in [1.29, 1.82) is 0 Å². The highest BCUT2D eigenvalue weighted by molar-refractivity contribution is 6.02. The van der Waals surface area contributed by atoms with Gasteiger partial charge >= 0.3 is 11.9 Å². The van der Waals surface area contributed by atoms with Gasteiger partial charge < -0.3 is 18.8 Å². The summed E-state index contributed by atoms with van der Waals surface area (Å²) in [4.78, 5) is 43.8. The van der Waals surface area contributed by atoms with Crippen LogP contribution in [0.15, 0.2) is 53.2 Å². The Balaban J connectivity index is 0.000000219. The maximum atomic E-state index is 13.8. The molecule has 11 heteroatoms. The number of carbonyl (C=O) groups excluding carboxylic acids is 3. The Morgan fingerprint density at radius 3 is 2.50 bits per heavy atom. The second kappa shape index (κ2) is 11.2. The molecule has 38 heavy (non-hydrogen) atoms. The molecule has 0 fully saturated rings. The highest BCUT2D eigenvalue weighted by Gasteiger charge is 2.31. The number of ether oxygens (including phenoxy) is 2. The molecule has 0 unspecified atom stereocenters. The SMILES string of the molecule is CCOC(=O)c1c(C)ccnc1F.COC(=O)c1cccc2cc(CN3Cc4ccnc(F)c4C3=O)oc12. The lowest BCUT2D eigenvalue weighted by molar-refractivity contribution is 0.0517. The lowest BCUT2D eigenvalue weighted by atomic mass is 10.1. The maximum Gasteiger partial charge on any atom is 0.343 e. The molecule has 1 amide bonds. The summed E-state index contributed by atoms with van der Waals surface area (Å²) in [6.45, 7) is 3.99. The number of furan rings is 1. The standard InChI is InChI=1S/C18H13FN2O4.C9H10FNO2/c1-24-18(23)13-4-2-3-10-7-12(25-15(10)13)9-21-8-11-5-6-20-16(19)14(11)17(21)22;1-3-13-9(12)7-6(2)4-5-11-8(7)10/h2-7H,8-9H2,1H3;4-5H,3H2,1-2H3. The zero-order valence-electron chi connectivity index (χ0n) is 20.8. The van der Waals surface area contributed by atoms with Gasteiger partial charge in [0.1, 0.15) is 22.5 Å². The largest absolute Gasteiger partial charge is 0.465 e. The van der Waals surface area contributed by atoms with Crippen LogP contribution in [0.1, 0.15) is 54.9 Å². The lowest BCUT2D eigenvalue weighted by Gasteiger charge is -2.13. The van der Waals surface area contributed by atoms with Crippen LogP contribution in [0.25, 0.3) is 11.0 Å². The van der Waals surface area contributed by atoms with E-state index in [9.17, 15) is 23.2 Å². The number of rotatable bonds is 5. The monoisotopic (exact) mass is 523 g/mol. The first-order valence-electron chi connectivity index (χ1n) is 11.6. The van der Waals surface area contributed by atoms with Crippen LogP contribution < -0.4 is 0 Å². The average molecular weight is 523 g/mol. The molecule has 1 aliphatic rings. The van der Waals surface area contributed by atoms with E-state index in [2.05, 4.69) is 14.7 Å². The molecule has 0 saturated carbocycles. The fraction of sp³-hybridized carbons (Fsp3) is 0.222. The van der Waals surface area contributed by atoms with E-state index in [0.29, 0.717) is 28.0 Å². The second-order valence-corrected chi connectivity index (χ2v) is 8.24. The number of benzene rings is 1. The number of hydrogen-bond donors (Lipinski definition) is 0. The van der Waals surface area contributed by atoms with Crippen LogP contribution in [0.5, 0.6) is 0 Å². The molecule has 0 spiro atoms. The third-order valence-corrected chi connectivity index (χ3v) is 5.79. The molecule has 9 nitrogen and oxygen atoms in total. The van der Waals surface area contributed by atoms with E-state index in [1.807, 2.05) is 0 Å². The van der Waals surface area contributed by atoms with Crippen LogP contribution in [0.2, 0.25) is 0 Å². The van der Waals surface area contributed by atoms with E-state index in [4.69, 9.17) is 9.15 Å². The van der Waals surface area contributed by atoms with Crippen LogP contribution in [0.4, 0.5) is 8.78 Å². The normalized spacial score (nSPS) is 12.1. The van der Waals surface area contributed by atoms with Crippen LogP contribution in [-0.4, -0.2) is 46.4 Å². The Bertz CT molecular complexity index is 1510. The van der Waals surface area contributed by atoms with E-state index in [0.717, 1.165) is 5.39 Å². The number of hydrogen-bond acceptors (Lipinski definition) is 8. The van der Waals surface area contributed by atoms with Crippen LogP contribution in [0.3, 0.4) is 0 Å². The van der Waals surface area contributed by atoms with Gasteiger partial charge in [-0.15, -0.1) is 0 Å². The lowest BCUT2D eigenvalue weighted by Crippen LogP contribution is -2.23. The fourth-order valence-corrected chi connectivity index (χ4v) is 4.02. The van der Waals surface area contributed by atoms with Crippen LogP contribution >= 0.6 is 0 Å². The Morgan fingerprint density at radius 2 is 1.82 bits per heavy atom. The summed E-state index contributed by atoms with van der Waals surface area (Å²) in [5, 5.41) is 0.731. The molecule has 1 aliphatic heterocycles. The second-order valence-electron chi connectivity index (χ2n) is 8.24. The molecule has 0 aliphatic carbocycles. The number of halogens is 2. The van der Waals surface area contributed by atoms with E-state index >= 15 is 0 Å². The number of methoxy groups -OCH3 is 1. The number of aromatic nitrogens is 2. The average Bonchev–Trinajstić information content (AvgIpc) is 3.45. The first kappa shape index (κ1) is 26.4. The van der Waals surface area contributed by atoms with Crippen molar-refractivity contribution in [3.8, 4) is 0 Å². The van der Waals surface area contributed by atoms with Crippen molar-refractivity contribution < 1.29 is 37.1 Å². The smallest absolute Gasteiger partial charge is 0.343 e. The summed E-state index contributed by atoms with van der Waals surface area (Å²) in [7, 11) is 1.30. The van der Waals surface area contributed by atoms with Crippen molar-refractivity contribution in [3.63, 3.8) is 0 Å². The molecule has 4 heterocycles. The number of nitrogens with zero attached hydrogens (tertiary/aromatic N) is 3. The number of carbonyl (C=O) groups is 3. The molecule has 0 radical (unpaired) electrons. The Kier molecular flexibility index (Phi) is 7.75. The van der Waals surface area contributed by atoms with Gasteiger partial charge in [0.25, 0.3) is 5.91 Å². The van der Waals surface area contributed by atoms with Gasteiger partial charge in [-0.2, -0.15) is 8.78 Å².